The molecule has 4 nitrogen and oxygen atoms in total. The van der Waals surface area contributed by atoms with Crippen molar-refractivity contribution < 1.29 is 12.8 Å². The Morgan fingerprint density at radius 1 is 1.32 bits per heavy atom. The summed E-state index contributed by atoms with van der Waals surface area (Å²) in [7, 11) is -3.87. The zero-order valence-electron chi connectivity index (χ0n) is 11.1. The minimum atomic E-state index is -3.87. The largest absolute Gasteiger partial charge is 0.398 e. The van der Waals surface area contributed by atoms with Crippen LogP contribution in [-0.4, -0.2) is 25.3 Å². The number of hydrogen-bond acceptors (Lipinski definition) is 3. The maximum Gasteiger partial charge on any atom is 0.248 e. The molecule has 1 heterocycles. The number of nitrogens with zero attached hydrogens (tertiary/aromatic N) is 1. The Bertz CT molecular complexity index is 554. The molecule has 0 bridgehead atoms. The molecule has 0 spiro atoms. The Labute approximate surface area is 113 Å². The van der Waals surface area contributed by atoms with Gasteiger partial charge in [0.2, 0.25) is 10.0 Å². The van der Waals surface area contributed by atoms with Crippen molar-refractivity contribution >= 4 is 15.7 Å². The van der Waals surface area contributed by atoms with Crippen molar-refractivity contribution in [2.24, 2.45) is 5.92 Å². The van der Waals surface area contributed by atoms with Crippen LogP contribution in [0.4, 0.5) is 10.1 Å². The van der Waals surface area contributed by atoms with Gasteiger partial charge in [0, 0.05) is 12.6 Å². The fraction of sp³-hybridized carbons (Fsp3) is 0.538. The average Bonchev–Trinajstić information content (AvgIpc) is 2.31. The lowest BCUT2D eigenvalue weighted by Gasteiger charge is -2.35. The van der Waals surface area contributed by atoms with Gasteiger partial charge in [0.15, 0.2) is 0 Å². The third-order valence-corrected chi connectivity index (χ3v) is 5.70. The molecule has 1 fully saturated rings. The first kappa shape index (κ1) is 14.3. The summed E-state index contributed by atoms with van der Waals surface area (Å²) in [4.78, 5) is -0.393. The Morgan fingerprint density at radius 3 is 2.63 bits per heavy atom. The van der Waals surface area contributed by atoms with Gasteiger partial charge < -0.3 is 5.73 Å². The van der Waals surface area contributed by atoms with Crippen molar-refractivity contribution in [2.75, 3.05) is 12.3 Å². The minimum Gasteiger partial charge on any atom is -0.398 e. The van der Waals surface area contributed by atoms with Crippen LogP contribution in [0.5, 0.6) is 0 Å². The van der Waals surface area contributed by atoms with E-state index in [1.165, 1.54) is 16.4 Å². The molecule has 1 aliphatic heterocycles. The summed E-state index contributed by atoms with van der Waals surface area (Å²) in [6.07, 6.45) is 1.77. The fourth-order valence-electron chi connectivity index (χ4n) is 2.50. The van der Waals surface area contributed by atoms with E-state index in [1.807, 2.05) is 13.8 Å². The van der Waals surface area contributed by atoms with Crippen LogP contribution >= 0.6 is 0 Å². The maximum atomic E-state index is 13.8. The van der Waals surface area contributed by atoms with E-state index in [4.69, 9.17) is 5.73 Å². The zero-order chi connectivity index (χ0) is 14.2. The molecule has 6 heteroatoms. The van der Waals surface area contributed by atoms with Crippen LogP contribution in [0, 0.1) is 11.7 Å². The number of piperidine rings is 1. The molecule has 1 aromatic carbocycles. The number of nitrogen functional groups attached to an aromatic ring is 1. The van der Waals surface area contributed by atoms with Crippen LogP contribution in [0.2, 0.25) is 0 Å². The van der Waals surface area contributed by atoms with Gasteiger partial charge in [-0.05, 0) is 37.8 Å². The molecule has 1 aliphatic rings. The van der Waals surface area contributed by atoms with Gasteiger partial charge in [-0.25, -0.2) is 12.8 Å². The van der Waals surface area contributed by atoms with Crippen molar-refractivity contribution in [3.8, 4) is 0 Å². The van der Waals surface area contributed by atoms with Gasteiger partial charge in [-0.1, -0.05) is 13.0 Å². The Kier molecular flexibility index (Phi) is 3.82. The van der Waals surface area contributed by atoms with Crippen LogP contribution in [0.3, 0.4) is 0 Å². The molecule has 2 rings (SSSR count). The predicted octanol–water partition coefficient (Wildman–Crippen LogP) is 2.22. The quantitative estimate of drug-likeness (QED) is 0.848. The molecular weight excluding hydrogens is 267 g/mol. The molecule has 0 radical (unpaired) electrons. The van der Waals surface area contributed by atoms with Crippen molar-refractivity contribution in [1.82, 2.24) is 4.31 Å². The molecule has 0 amide bonds. The fourth-order valence-corrected chi connectivity index (χ4v) is 4.44. The monoisotopic (exact) mass is 286 g/mol. The van der Waals surface area contributed by atoms with Crippen LogP contribution < -0.4 is 5.73 Å². The van der Waals surface area contributed by atoms with E-state index in [2.05, 4.69) is 0 Å². The molecular formula is C13H19FN2O2S. The summed E-state index contributed by atoms with van der Waals surface area (Å²) in [6.45, 7) is 4.26. The van der Waals surface area contributed by atoms with E-state index in [1.54, 1.807) is 0 Å². The Balaban J connectivity index is 2.47. The van der Waals surface area contributed by atoms with Crippen LogP contribution in [0.25, 0.3) is 0 Å². The van der Waals surface area contributed by atoms with Crippen molar-refractivity contribution in [3.63, 3.8) is 0 Å². The molecule has 0 saturated carbocycles. The van der Waals surface area contributed by atoms with E-state index in [0.29, 0.717) is 6.54 Å². The van der Waals surface area contributed by atoms with Crippen LogP contribution in [-0.2, 0) is 10.0 Å². The van der Waals surface area contributed by atoms with Gasteiger partial charge in [0.1, 0.15) is 10.7 Å². The Morgan fingerprint density at radius 2 is 2.00 bits per heavy atom. The minimum absolute atomic E-state index is 0.0366. The summed E-state index contributed by atoms with van der Waals surface area (Å²) in [6, 6.07) is 3.82. The molecule has 2 atom stereocenters. The second-order valence-corrected chi connectivity index (χ2v) is 7.09. The summed E-state index contributed by atoms with van der Waals surface area (Å²) in [5.74, 6) is -0.510. The lowest BCUT2D eigenvalue weighted by molar-refractivity contribution is 0.217. The molecule has 0 aliphatic carbocycles. The number of halogens is 1. The number of anilines is 1. The third-order valence-electron chi connectivity index (χ3n) is 3.62. The first-order chi connectivity index (χ1) is 8.84. The van der Waals surface area contributed by atoms with Crippen molar-refractivity contribution in [1.29, 1.82) is 0 Å². The lowest BCUT2D eigenvalue weighted by atomic mass is 9.97. The molecule has 2 unspecified atom stereocenters. The smallest absolute Gasteiger partial charge is 0.248 e. The van der Waals surface area contributed by atoms with Crippen molar-refractivity contribution in [3.05, 3.63) is 24.0 Å². The van der Waals surface area contributed by atoms with E-state index in [0.717, 1.165) is 18.9 Å². The van der Waals surface area contributed by atoms with Gasteiger partial charge in [-0.2, -0.15) is 4.31 Å². The molecule has 2 N–H and O–H groups in total. The van der Waals surface area contributed by atoms with Gasteiger partial charge in [-0.15, -0.1) is 0 Å². The zero-order valence-corrected chi connectivity index (χ0v) is 12.0. The highest BCUT2D eigenvalue weighted by molar-refractivity contribution is 7.89. The molecule has 0 aromatic heterocycles. The summed E-state index contributed by atoms with van der Waals surface area (Å²) < 4.78 is 40.4. The van der Waals surface area contributed by atoms with E-state index >= 15 is 0 Å². The maximum absolute atomic E-state index is 13.8. The van der Waals surface area contributed by atoms with Gasteiger partial charge in [0.25, 0.3) is 0 Å². The number of hydrogen-bond donors (Lipinski definition) is 1. The number of nitrogens with two attached hydrogens (primary N) is 1. The summed E-state index contributed by atoms with van der Waals surface area (Å²) in [5.41, 5.74) is 5.61. The average molecular weight is 286 g/mol. The SMILES string of the molecule is CC1CCC(C)N(S(=O)(=O)c2c(N)cccc2F)C1. The first-order valence-electron chi connectivity index (χ1n) is 6.40. The van der Waals surface area contributed by atoms with Crippen LogP contribution in [0.1, 0.15) is 26.7 Å². The number of rotatable bonds is 2. The predicted molar refractivity (Wildman–Crippen MR) is 72.6 cm³/mol. The number of benzene rings is 1. The van der Waals surface area contributed by atoms with Gasteiger partial charge in [-0.3, -0.25) is 0 Å². The van der Waals surface area contributed by atoms with Gasteiger partial charge in [0.05, 0.1) is 5.69 Å². The van der Waals surface area contributed by atoms with Crippen molar-refractivity contribution in [2.45, 2.75) is 37.6 Å². The normalized spacial score (nSPS) is 25.4. The summed E-state index contributed by atoms with van der Waals surface area (Å²) >= 11 is 0. The van der Waals surface area contributed by atoms with Crippen LogP contribution in [0.15, 0.2) is 23.1 Å². The standard InChI is InChI=1S/C13H19FN2O2S/c1-9-6-7-10(2)16(8-9)19(17,18)13-11(14)4-3-5-12(13)15/h3-5,9-10H,6-8,15H2,1-2H3. The van der Waals surface area contributed by atoms with Gasteiger partial charge >= 0.3 is 0 Å². The van der Waals surface area contributed by atoms with E-state index in [-0.39, 0.29) is 17.6 Å². The second-order valence-electron chi connectivity index (χ2n) is 5.26. The Hall–Kier alpha value is -1.14. The highest BCUT2D eigenvalue weighted by atomic mass is 32.2. The molecule has 106 valence electrons. The first-order valence-corrected chi connectivity index (χ1v) is 7.84. The summed E-state index contributed by atoms with van der Waals surface area (Å²) in [5, 5.41) is 0. The topological polar surface area (TPSA) is 63.4 Å². The highest BCUT2D eigenvalue weighted by Crippen LogP contribution is 2.31. The molecule has 1 aromatic rings. The molecule has 1 saturated heterocycles. The lowest BCUT2D eigenvalue weighted by Crippen LogP contribution is -2.45. The van der Waals surface area contributed by atoms with E-state index in [9.17, 15) is 12.8 Å². The number of sulfonamides is 1. The third kappa shape index (κ3) is 2.60. The molecule has 19 heavy (non-hydrogen) atoms. The van der Waals surface area contributed by atoms with E-state index < -0.39 is 20.7 Å². The highest BCUT2D eigenvalue weighted by Gasteiger charge is 2.36. The second kappa shape index (κ2) is 5.09.